The summed E-state index contributed by atoms with van der Waals surface area (Å²) in [7, 11) is 1.29. The highest BCUT2D eigenvalue weighted by Crippen LogP contribution is 2.11. The van der Waals surface area contributed by atoms with Crippen LogP contribution in [0.5, 0.6) is 0 Å². The van der Waals surface area contributed by atoms with Gasteiger partial charge in [-0.2, -0.15) is 0 Å². The summed E-state index contributed by atoms with van der Waals surface area (Å²) in [5, 5.41) is 9.28. The zero-order valence-corrected chi connectivity index (χ0v) is 7.34. The summed E-state index contributed by atoms with van der Waals surface area (Å²) in [5.41, 5.74) is 0.280. The summed E-state index contributed by atoms with van der Waals surface area (Å²) in [4.78, 5) is 10.8. The Balaban J connectivity index is 4.52. The lowest BCUT2D eigenvalue weighted by Crippen LogP contribution is -2.07. The summed E-state index contributed by atoms with van der Waals surface area (Å²) in [6.07, 6.45) is 0. The van der Waals surface area contributed by atoms with E-state index in [9.17, 15) is 9.90 Å². The molecule has 0 spiro atoms. The maximum Gasteiger partial charge on any atom is 0.336 e. The molecule has 0 radical (unpaired) electrons. The molecule has 0 bridgehead atoms. The third-order valence-electron chi connectivity index (χ3n) is 1.42. The summed E-state index contributed by atoms with van der Waals surface area (Å²) in [6.45, 7) is 5.16. The van der Waals surface area contributed by atoms with Crippen LogP contribution in [0.3, 0.4) is 0 Å². The van der Waals surface area contributed by atoms with Crippen LogP contribution in [0.1, 0.15) is 20.8 Å². The van der Waals surface area contributed by atoms with Crippen molar-refractivity contribution < 1.29 is 14.6 Å². The van der Waals surface area contributed by atoms with Crippen LogP contribution in [0.2, 0.25) is 0 Å². The minimum absolute atomic E-state index is 0.0332. The summed E-state index contributed by atoms with van der Waals surface area (Å²) < 4.78 is 4.43. The molecule has 0 rings (SSSR count). The highest BCUT2D eigenvalue weighted by atomic mass is 16.5. The van der Waals surface area contributed by atoms with E-state index in [1.54, 1.807) is 6.92 Å². The Morgan fingerprint density at radius 3 is 2.18 bits per heavy atom. The van der Waals surface area contributed by atoms with Crippen molar-refractivity contribution in [2.24, 2.45) is 5.92 Å². The quantitative estimate of drug-likeness (QED) is 0.377. The third kappa shape index (κ3) is 2.62. The van der Waals surface area contributed by atoms with Crippen LogP contribution in [-0.2, 0) is 9.53 Å². The van der Waals surface area contributed by atoms with Crippen LogP contribution in [0.15, 0.2) is 11.3 Å². The van der Waals surface area contributed by atoms with Crippen molar-refractivity contribution in [3.63, 3.8) is 0 Å². The van der Waals surface area contributed by atoms with E-state index in [0.29, 0.717) is 0 Å². The molecule has 0 aliphatic rings. The molecule has 0 fully saturated rings. The van der Waals surface area contributed by atoms with E-state index in [1.807, 2.05) is 13.8 Å². The number of esters is 1. The molecule has 0 unspecified atom stereocenters. The van der Waals surface area contributed by atoms with Crippen LogP contribution >= 0.6 is 0 Å². The predicted octanol–water partition coefficient (Wildman–Crippen LogP) is 1.65. The molecule has 0 amide bonds. The lowest BCUT2D eigenvalue weighted by Gasteiger charge is -2.06. The van der Waals surface area contributed by atoms with Gasteiger partial charge in [0.1, 0.15) is 5.76 Å². The van der Waals surface area contributed by atoms with Crippen molar-refractivity contribution in [2.45, 2.75) is 20.8 Å². The number of aliphatic hydroxyl groups is 1. The SMILES string of the molecule is COC(=O)/C(C)=C(\O)C(C)C. The van der Waals surface area contributed by atoms with Gasteiger partial charge >= 0.3 is 5.97 Å². The molecule has 0 heterocycles. The zero-order valence-electron chi connectivity index (χ0n) is 7.34. The lowest BCUT2D eigenvalue weighted by atomic mass is 10.1. The largest absolute Gasteiger partial charge is 0.511 e. The Morgan fingerprint density at radius 2 is 1.91 bits per heavy atom. The predicted molar refractivity (Wildman–Crippen MR) is 42.2 cm³/mol. The van der Waals surface area contributed by atoms with Gasteiger partial charge in [-0.25, -0.2) is 4.79 Å². The van der Waals surface area contributed by atoms with E-state index in [2.05, 4.69) is 4.74 Å². The number of rotatable bonds is 2. The van der Waals surface area contributed by atoms with Crippen molar-refractivity contribution in [1.29, 1.82) is 0 Å². The molecule has 0 aliphatic carbocycles. The molecule has 3 nitrogen and oxygen atoms in total. The number of methoxy groups -OCH3 is 1. The van der Waals surface area contributed by atoms with E-state index in [4.69, 9.17) is 0 Å². The number of ether oxygens (including phenoxy) is 1. The molecular formula is C8H14O3. The van der Waals surface area contributed by atoms with Gasteiger partial charge in [-0.15, -0.1) is 0 Å². The maximum absolute atomic E-state index is 10.8. The molecular weight excluding hydrogens is 144 g/mol. The first-order valence-corrected chi connectivity index (χ1v) is 3.48. The van der Waals surface area contributed by atoms with E-state index < -0.39 is 5.97 Å². The Bertz CT molecular complexity index is 180. The molecule has 0 saturated carbocycles. The standard InChI is InChI=1S/C8H14O3/c1-5(2)7(9)6(3)8(10)11-4/h5,9H,1-4H3/b7-6-. The van der Waals surface area contributed by atoms with Crippen molar-refractivity contribution in [3.05, 3.63) is 11.3 Å². The molecule has 0 aliphatic heterocycles. The van der Waals surface area contributed by atoms with Crippen LogP contribution < -0.4 is 0 Å². The van der Waals surface area contributed by atoms with Gasteiger partial charge in [-0.1, -0.05) is 13.8 Å². The number of aliphatic hydroxyl groups excluding tert-OH is 1. The van der Waals surface area contributed by atoms with E-state index >= 15 is 0 Å². The van der Waals surface area contributed by atoms with Gasteiger partial charge in [0, 0.05) is 5.92 Å². The molecule has 0 aromatic carbocycles. The highest BCUT2D eigenvalue weighted by molar-refractivity contribution is 5.88. The van der Waals surface area contributed by atoms with E-state index in [0.717, 1.165) is 0 Å². The van der Waals surface area contributed by atoms with Crippen LogP contribution in [-0.4, -0.2) is 18.2 Å². The Hall–Kier alpha value is -0.990. The van der Waals surface area contributed by atoms with Gasteiger partial charge in [0.2, 0.25) is 0 Å². The molecule has 0 aromatic rings. The Labute approximate surface area is 66.7 Å². The first-order chi connectivity index (χ1) is 5.00. The zero-order chi connectivity index (χ0) is 9.02. The Morgan fingerprint density at radius 1 is 1.45 bits per heavy atom. The fourth-order valence-electron chi connectivity index (χ4n) is 0.691. The molecule has 11 heavy (non-hydrogen) atoms. The van der Waals surface area contributed by atoms with Crippen molar-refractivity contribution in [2.75, 3.05) is 7.11 Å². The average molecular weight is 158 g/mol. The fraction of sp³-hybridized carbons (Fsp3) is 0.625. The number of carbonyl (C=O) groups is 1. The molecule has 3 heteroatoms. The van der Waals surface area contributed by atoms with Crippen molar-refractivity contribution >= 4 is 5.97 Å². The first-order valence-electron chi connectivity index (χ1n) is 3.48. The normalized spacial score (nSPS) is 12.8. The van der Waals surface area contributed by atoms with Gasteiger partial charge in [0.25, 0.3) is 0 Å². The second-order valence-electron chi connectivity index (χ2n) is 2.66. The second kappa shape index (κ2) is 4.01. The number of hydrogen-bond donors (Lipinski definition) is 1. The van der Waals surface area contributed by atoms with Gasteiger partial charge in [0.15, 0.2) is 0 Å². The molecule has 0 saturated heterocycles. The number of allylic oxidation sites excluding steroid dienone is 1. The number of carbonyl (C=O) groups excluding carboxylic acids is 1. The summed E-state index contributed by atoms with van der Waals surface area (Å²) >= 11 is 0. The minimum atomic E-state index is -0.476. The van der Waals surface area contributed by atoms with Crippen molar-refractivity contribution in [1.82, 2.24) is 0 Å². The molecule has 64 valence electrons. The Kier molecular flexibility index (Phi) is 3.65. The molecule has 1 N–H and O–H groups in total. The smallest absolute Gasteiger partial charge is 0.336 e. The highest BCUT2D eigenvalue weighted by Gasteiger charge is 2.12. The van der Waals surface area contributed by atoms with Gasteiger partial charge < -0.3 is 9.84 Å². The first kappa shape index (κ1) is 10.0. The van der Waals surface area contributed by atoms with Gasteiger partial charge in [-0.3, -0.25) is 0 Å². The fourth-order valence-corrected chi connectivity index (χ4v) is 0.691. The summed E-state index contributed by atoms with van der Waals surface area (Å²) in [6, 6.07) is 0. The van der Waals surface area contributed by atoms with Crippen LogP contribution in [0.4, 0.5) is 0 Å². The van der Waals surface area contributed by atoms with Crippen LogP contribution in [0, 0.1) is 5.92 Å². The molecule has 0 atom stereocenters. The van der Waals surface area contributed by atoms with Gasteiger partial charge in [-0.05, 0) is 6.92 Å². The van der Waals surface area contributed by atoms with E-state index in [-0.39, 0.29) is 17.3 Å². The van der Waals surface area contributed by atoms with Crippen LogP contribution in [0.25, 0.3) is 0 Å². The lowest BCUT2D eigenvalue weighted by molar-refractivity contribution is -0.136. The monoisotopic (exact) mass is 158 g/mol. The summed E-state index contributed by atoms with van der Waals surface area (Å²) in [5.74, 6) is -0.415. The minimum Gasteiger partial charge on any atom is -0.511 e. The number of hydrogen-bond acceptors (Lipinski definition) is 3. The average Bonchev–Trinajstić information content (AvgIpc) is 2.00. The molecule has 0 aromatic heterocycles. The van der Waals surface area contributed by atoms with Crippen molar-refractivity contribution in [3.8, 4) is 0 Å². The topological polar surface area (TPSA) is 46.5 Å². The van der Waals surface area contributed by atoms with Gasteiger partial charge in [0.05, 0.1) is 12.7 Å². The second-order valence-corrected chi connectivity index (χ2v) is 2.66. The third-order valence-corrected chi connectivity index (χ3v) is 1.42. The van der Waals surface area contributed by atoms with E-state index in [1.165, 1.54) is 7.11 Å². The maximum atomic E-state index is 10.8.